The lowest BCUT2D eigenvalue weighted by Gasteiger charge is -2.10. The maximum absolute atomic E-state index is 11.5. The summed E-state index contributed by atoms with van der Waals surface area (Å²) in [6, 6.07) is 10.4. The smallest absolute Gasteiger partial charge is 0.243 e. The van der Waals surface area contributed by atoms with Crippen molar-refractivity contribution < 1.29 is 14.6 Å². The van der Waals surface area contributed by atoms with Crippen LogP contribution >= 0.6 is 11.3 Å². The van der Waals surface area contributed by atoms with Gasteiger partial charge in [-0.1, -0.05) is 6.07 Å². The lowest BCUT2D eigenvalue weighted by atomic mass is 10.2. The van der Waals surface area contributed by atoms with Crippen LogP contribution in [0.5, 0.6) is 5.75 Å². The van der Waals surface area contributed by atoms with Crippen LogP contribution in [0.15, 0.2) is 41.8 Å². The zero-order chi connectivity index (χ0) is 16.5. The molecule has 0 aliphatic heterocycles. The minimum Gasteiger partial charge on any atom is -0.494 e. The number of anilines is 1. The molecule has 0 saturated carbocycles. The molecule has 5 nitrogen and oxygen atoms in total. The maximum Gasteiger partial charge on any atom is 0.243 e. The van der Waals surface area contributed by atoms with E-state index in [4.69, 9.17) is 15.6 Å². The van der Waals surface area contributed by atoms with Gasteiger partial charge in [0.1, 0.15) is 11.8 Å². The van der Waals surface area contributed by atoms with E-state index in [1.807, 2.05) is 0 Å². The van der Waals surface area contributed by atoms with Crippen LogP contribution in [0.25, 0.3) is 0 Å². The normalized spacial score (nSPS) is 11.9. The van der Waals surface area contributed by atoms with E-state index < -0.39 is 11.9 Å². The van der Waals surface area contributed by atoms with Gasteiger partial charge in [0.15, 0.2) is 0 Å². The highest BCUT2D eigenvalue weighted by atomic mass is 32.1. The molecule has 0 saturated heterocycles. The summed E-state index contributed by atoms with van der Waals surface area (Å²) in [6.07, 6.45) is 3.20. The van der Waals surface area contributed by atoms with Crippen molar-refractivity contribution in [1.29, 1.82) is 0 Å². The highest BCUT2D eigenvalue weighted by molar-refractivity contribution is 7.09. The average molecular weight is 334 g/mol. The number of hydrogen-bond acceptors (Lipinski definition) is 5. The fraction of sp³-hybridized carbons (Fsp3) is 0.353. The molecule has 6 heteroatoms. The minimum atomic E-state index is -0.908. The first-order chi connectivity index (χ1) is 11.2. The van der Waals surface area contributed by atoms with Gasteiger partial charge in [-0.25, -0.2) is 0 Å². The van der Waals surface area contributed by atoms with E-state index in [-0.39, 0.29) is 6.61 Å². The summed E-state index contributed by atoms with van der Waals surface area (Å²) in [6.45, 7) is 0.297. The molecule has 1 atom stereocenters. The number of amides is 1. The number of carbonyl (C=O) groups excluding carboxylic acids is 1. The standard InChI is InChI=1S/C17H22N2O3S/c18-16(12-20)17(21)19-13-6-8-14(9-7-13)22-10-2-1-4-15-5-3-11-23-15/h3,5-9,11,16,20H,1-2,4,10,12,18H2,(H,19,21). The number of aliphatic hydroxyl groups excluding tert-OH is 1. The highest BCUT2D eigenvalue weighted by Gasteiger charge is 2.11. The topological polar surface area (TPSA) is 84.6 Å². The Balaban J connectivity index is 1.67. The highest BCUT2D eigenvalue weighted by Crippen LogP contribution is 2.17. The molecular formula is C17H22N2O3S. The summed E-state index contributed by atoms with van der Waals surface area (Å²) < 4.78 is 5.68. The minimum absolute atomic E-state index is 0.376. The Hall–Kier alpha value is -1.89. The van der Waals surface area contributed by atoms with Crippen molar-refractivity contribution in [3.05, 3.63) is 46.7 Å². The Morgan fingerprint density at radius 1 is 1.26 bits per heavy atom. The van der Waals surface area contributed by atoms with Crippen molar-refractivity contribution in [2.75, 3.05) is 18.5 Å². The summed E-state index contributed by atoms with van der Waals surface area (Å²) >= 11 is 1.79. The summed E-state index contributed by atoms with van der Waals surface area (Å²) in [5, 5.41) is 13.6. The van der Waals surface area contributed by atoms with Gasteiger partial charge in [0.05, 0.1) is 13.2 Å². The lowest BCUT2D eigenvalue weighted by molar-refractivity contribution is -0.118. The number of unbranched alkanes of at least 4 members (excludes halogenated alkanes) is 1. The van der Waals surface area contributed by atoms with Crippen LogP contribution in [-0.2, 0) is 11.2 Å². The molecule has 1 aromatic heterocycles. The van der Waals surface area contributed by atoms with E-state index in [9.17, 15) is 4.79 Å². The number of aryl methyl sites for hydroxylation is 1. The first-order valence-corrected chi connectivity index (χ1v) is 8.49. The first-order valence-electron chi connectivity index (χ1n) is 7.61. The Morgan fingerprint density at radius 2 is 2.04 bits per heavy atom. The lowest BCUT2D eigenvalue weighted by Crippen LogP contribution is -2.38. The molecule has 124 valence electrons. The Morgan fingerprint density at radius 3 is 2.70 bits per heavy atom. The van der Waals surface area contributed by atoms with E-state index in [0.717, 1.165) is 25.0 Å². The third kappa shape index (κ3) is 6.02. The van der Waals surface area contributed by atoms with Crippen molar-refractivity contribution in [3.63, 3.8) is 0 Å². The van der Waals surface area contributed by atoms with Gasteiger partial charge in [0.2, 0.25) is 5.91 Å². The van der Waals surface area contributed by atoms with Crippen molar-refractivity contribution in [3.8, 4) is 5.75 Å². The largest absolute Gasteiger partial charge is 0.494 e. The fourth-order valence-electron chi connectivity index (χ4n) is 2.00. The Labute approximate surface area is 140 Å². The van der Waals surface area contributed by atoms with Gasteiger partial charge in [-0.05, 0) is 55.0 Å². The van der Waals surface area contributed by atoms with Crippen LogP contribution in [0.2, 0.25) is 0 Å². The molecule has 4 N–H and O–H groups in total. The molecule has 23 heavy (non-hydrogen) atoms. The van der Waals surface area contributed by atoms with Crippen LogP contribution < -0.4 is 15.8 Å². The number of nitrogens with two attached hydrogens (primary N) is 1. The predicted octanol–water partition coefficient (Wildman–Crippen LogP) is 2.41. The molecule has 0 aliphatic rings. The zero-order valence-electron chi connectivity index (χ0n) is 12.9. The van der Waals surface area contributed by atoms with Crippen molar-refractivity contribution in [1.82, 2.24) is 0 Å². The van der Waals surface area contributed by atoms with Crippen LogP contribution in [0, 0.1) is 0 Å². The van der Waals surface area contributed by atoms with E-state index in [1.54, 1.807) is 35.6 Å². The molecule has 1 unspecified atom stereocenters. The van der Waals surface area contributed by atoms with Crippen LogP contribution in [0.1, 0.15) is 17.7 Å². The number of benzene rings is 1. The second kappa shape index (κ2) is 9.29. The summed E-state index contributed by atoms with van der Waals surface area (Å²) in [4.78, 5) is 13.0. The number of carbonyl (C=O) groups is 1. The summed E-state index contributed by atoms with van der Waals surface area (Å²) in [7, 11) is 0. The Bertz CT molecular complexity index is 584. The number of hydrogen-bond donors (Lipinski definition) is 3. The van der Waals surface area contributed by atoms with Crippen molar-refractivity contribution >= 4 is 22.9 Å². The average Bonchev–Trinajstić information content (AvgIpc) is 3.08. The number of ether oxygens (including phenoxy) is 1. The van der Waals surface area contributed by atoms with Gasteiger partial charge in [-0.3, -0.25) is 4.79 Å². The molecule has 1 heterocycles. The molecule has 1 aromatic carbocycles. The number of thiophene rings is 1. The maximum atomic E-state index is 11.5. The van der Waals surface area contributed by atoms with Crippen molar-refractivity contribution in [2.45, 2.75) is 25.3 Å². The predicted molar refractivity (Wildman–Crippen MR) is 92.9 cm³/mol. The van der Waals surface area contributed by atoms with Crippen LogP contribution in [-0.4, -0.2) is 30.3 Å². The van der Waals surface area contributed by atoms with Gasteiger partial charge in [0.25, 0.3) is 0 Å². The number of rotatable bonds is 9. The van der Waals surface area contributed by atoms with Gasteiger partial charge >= 0.3 is 0 Å². The molecule has 0 radical (unpaired) electrons. The van der Waals surface area contributed by atoms with Crippen molar-refractivity contribution in [2.24, 2.45) is 5.73 Å². The van der Waals surface area contributed by atoms with Crippen LogP contribution in [0.4, 0.5) is 5.69 Å². The van der Waals surface area contributed by atoms with E-state index in [0.29, 0.717) is 12.3 Å². The molecule has 0 spiro atoms. The number of aliphatic hydroxyl groups is 1. The third-order valence-corrected chi connectivity index (χ3v) is 4.26. The number of nitrogens with one attached hydrogen (secondary N) is 1. The quantitative estimate of drug-likeness (QED) is 0.615. The van der Waals surface area contributed by atoms with E-state index >= 15 is 0 Å². The molecule has 0 fully saturated rings. The molecule has 1 amide bonds. The fourth-order valence-corrected chi connectivity index (χ4v) is 2.75. The molecule has 2 rings (SSSR count). The van der Waals surface area contributed by atoms with Gasteiger partial charge in [-0.2, -0.15) is 0 Å². The molecule has 0 aliphatic carbocycles. The zero-order valence-corrected chi connectivity index (χ0v) is 13.7. The van der Waals surface area contributed by atoms with E-state index in [2.05, 4.69) is 22.8 Å². The second-order valence-electron chi connectivity index (χ2n) is 5.19. The monoisotopic (exact) mass is 334 g/mol. The van der Waals surface area contributed by atoms with Gasteiger partial charge in [-0.15, -0.1) is 11.3 Å². The Kier molecular flexibility index (Phi) is 7.06. The summed E-state index contributed by atoms with van der Waals surface area (Å²) in [5.74, 6) is 0.361. The van der Waals surface area contributed by atoms with Crippen LogP contribution in [0.3, 0.4) is 0 Å². The molecular weight excluding hydrogens is 312 g/mol. The van der Waals surface area contributed by atoms with E-state index in [1.165, 1.54) is 4.88 Å². The molecule has 2 aromatic rings. The van der Waals surface area contributed by atoms with Gasteiger partial charge in [0, 0.05) is 10.6 Å². The first kappa shape index (κ1) is 17.5. The van der Waals surface area contributed by atoms with Gasteiger partial charge < -0.3 is 20.9 Å². The SMILES string of the molecule is NC(CO)C(=O)Nc1ccc(OCCCCc2cccs2)cc1. The summed E-state index contributed by atoms with van der Waals surface area (Å²) in [5.41, 5.74) is 6.07. The second-order valence-corrected chi connectivity index (χ2v) is 6.22. The third-order valence-electron chi connectivity index (χ3n) is 3.32. The molecule has 0 bridgehead atoms.